The second-order valence-electron chi connectivity index (χ2n) is 6.23. The molecule has 0 aliphatic rings. The highest BCUT2D eigenvalue weighted by Gasteiger charge is 2.09. The number of anilines is 2. The molecule has 0 atom stereocenters. The maximum Gasteiger partial charge on any atom is 0.269 e. The van der Waals surface area contributed by atoms with Crippen molar-refractivity contribution in [1.29, 1.82) is 0 Å². The number of nitro benzene ring substituents is 1. The monoisotopic (exact) mass is 383 g/mol. The van der Waals surface area contributed by atoms with E-state index in [2.05, 4.69) is 5.10 Å². The van der Waals surface area contributed by atoms with Gasteiger partial charge in [-0.25, -0.2) is 5.01 Å². The van der Waals surface area contributed by atoms with Gasteiger partial charge >= 0.3 is 0 Å². The Balaban J connectivity index is 1.59. The summed E-state index contributed by atoms with van der Waals surface area (Å²) in [6.07, 6.45) is 1.65. The quantitative estimate of drug-likeness (QED) is 0.232. The number of hydrogen-bond donors (Lipinski definition) is 0. The maximum absolute atomic E-state index is 10.8. The van der Waals surface area contributed by atoms with Crippen LogP contribution in [-0.2, 0) is 0 Å². The molecule has 6 nitrogen and oxygen atoms in total. The van der Waals surface area contributed by atoms with Gasteiger partial charge in [0.1, 0.15) is 11.5 Å². The fourth-order valence-electron chi connectivity index (χ4n) is 2.86. The molecule has 4 aromatic rings. The minimum Gasteiger partial charge on any atom is -0.455 e. The molecule has 0 amide bonds. The lowest BCUT2D eigenvalue weighted by atomic mass is 10.1. The third-order valence-corrected chi connectivity index (χ3v) is 4.29. The summed E-state index contributed by atoms with van der Waals surface area (Å²) in [6, 6.07) is 29.5. The first-order chi connectivity index (χ1) is 14.2. The van der Waals surface area contributed by atoms with Crippen LogP contribution in [0.2, 0.25) is 0 Å². The van der Waals surface area contributed by atoms with Crippen molar-refractivity contribution >= 4 is 23.3 Å². The Hall–Kier alpha value is -4.19. The molecule has 0 spiro atoms. The highest BCUT2D eigenvalue weighted by atomic mass is 16.6. The molecule has 0 radical (unpaired) electrons. The highest BCUT2D eigenvalue weighted by molar-refractivity contribution is 5.80. The Labute approximate surface area is 167 Å². The molecular formula is C23H17N3O3. The number of hydrazone groups is 1. The summed E-state index contributed by atoms with van der Waals surface area (Å²) < 4.78 is 5.85. The fraction of sp³-hybridized carbons (Fsp3) is 0. The fourth-order valence-corrected chi connectivity index (χ4v) is 2.86. The van der Waals surface area contributed by atoms with E-state index in [9.17, 15) is 10.1 Å². The number of hydrogen-bond acceptors (Lipinski definition) is 5. The molecular weight excluding hydrogens is 366 g/mol. The highest BCUT2D eigenvalue weighted by Crippen LogP contribution is 2.26. The lowest BCUT2D eigenvalue weighted by molar-refractivity contribution is -0.384. The number of benzene rings is 3. The molecule has 0 aliphatic heterocycles. The van der Waals surface area contributed by atoms with Crippen LogP contribution in [0.25, 0.3) is 11.3 Å². The van der Waals surface area contributed by atoms with E-state index in [0.29, 0.717) is 11.5 Å². The van der Waals surface area contributed by atoms with Gasteiger partial charge in [-0.2, -0.15) is 5.10 Å². The van der Waals surface area contributed by atoms with Gasteiger partial charge in [0, 0.05) is 17.7 Å². The van der Waals surface area contributed by atoms with Gasteiger partial charge in [-0.05, 0) is 48.5 Å². The van der Waals surface area contributed by atoms with E-state index in [-0.39, 0.29) is 5.69 Å². The average molecular weight is 383 g/mol. The molecule has 1 heterocycles. The predicted molar refractivity (Wildman–Crippen MR) is 113 cm³/mol. The molecule has 0 saturated carbocycles. The van der Waals surface area contributed by atoms with Crippen molar-refractivity contribution in [3.05, 3.63) is 113 Å². The van der Waals surface area contributed by atoms with Gasteiger partial charge in [0.15, 0.2) is 0 Å². The van der Waals surface area contributed by atoms with Gasteiger partial charge in [0.2, 0.25) is 0 Å². The summed E-state index contributed by atoms with van der Waals surface area (Å²) in [7, 11) is 0. The first-order valence-corrected chi connectivity index (χ1v) is 8.99. The number of nitrogens with zero attached hydrogens (tertiary/aromatic N) is 3. The first-order valence-electron chi connectivity index (χ1n) is 8.99. The number of non-ortho nitro benzene ring substituents is 1. The summed E-state index contributed by atoms with van der Waals surface area (Å²) in [5.74, 6) is 1.20. The summed E-state index contributed by atoms with van der Waals surface area (Å²) >= 11 is 0. The van der Waals surface area contributed by atoms with E-state index < -0.39 is 4.92 Å². The van der Waals surface area contributed by atoms with Crippen LogP contribution in [0.5, 0.6) is 0 Å². The molecule has 0 N–H and O–H groups in total. The second kappa shape index (κ2) is 8.22. The van der Waals surface area contributed by atoms with Crippen LogP contribution in [0.3, 0.4) is 0 Å². The third-order valence-electron chi connectivity index (χ3n) is 4.29. The van der Waals surface area contributed by atoms with Crippen LogP contribution in [0.1, 0.15) is 5.76 Å². The number of furan rings is 1. The van der Waals surface area contributed by atoms with Crippen molar-refractivity contribution in [2.75, 3.05) is 5.01 Å². The Kier molecular flexibility index (Phi) is 5.16. The molecule has 29 heavy (non-hydrogen) atoms. The van der Waals surface area contributed by atoms with Gasteiger partial charge < -0.3 is 4.42 Å². The number of nitro groups is 1. The smallest absolute Gasteiger partial charge is 0.269 e. The largest absolute Gasteiger partial charge is 0.455 e. The van der Waals surface area contributed by atoms with E-state index in [1.165, 1.54) is 12.1 Å². The topological polar surface area (TPSA) is 71.9 Å². The lowest BCUT2D eigenvalue weighted by Gasteiger charge is -2.18. The van der Waals surface area contributed by atoms with Gasteiger partial charge in [0.25, 0.3) is 5.69 Å². The van der Waals surface area contributed by atoms with Crippen LogP contribution in [0, 0.1) is 10.1 Å². The molecule has 4 rings (SSSR count). The standard InChI is InChI=1S/C23H17N3O3/c27-26(28)21-13-11-18(12-14-21)23-16-15-22(29-23)17-24-25(19-7-3-1-4-8-19)20-9-5-2-6-10-20/h1-17H/b24-17-. The SMILES string of the molecule is O=[N+]([O-])c1ccc(-c2ccc(/C=N\N(c3ccccc3)c3ccccc3)o2)cc1. The van der Waals surface area contributed by atoms with Crippen molar-refractivity contribution in [1.82, 2.24) is 0 Å². The van der Waals surface area contributed by atoms with Crippen molar-refractivity contribution in [2.24, 2.45) is 5.10 Å². The van der Waals surface area contributed by atoms with Crippen molar-refractivity contribution in [3.8, 4) is 11.3 Å². The van der Waals surface area contributed by atoms with Gasteiger partial charge in [-0.1, -0.05) is 36.4 Å². The van der Waals surface area contributed by atoms with Crippen molar-refractivity contribution in [3.63, 3.8) is 0 Å². The zero-order valence-corrected chi connectivity index (χ0v) is 15.4. The van der Waals surface area contributed by atoms with E-state index in [1.807, 2.05) is 77.8 Å². The van der Waals surface area contributed by atoms with E-state index in [4.69, 9.17) is 4.42 Å². The van der Waals surface area contributed by atoms with Crippen molar-refractivity contribution in [2.45, 2.75) is 0 Å². The van der Waals surface area contributed by atoms with Gasteiger partial charge in [-0.15, -0.1) is 0 Å². The molecule has 0 fully saturated rings. The summed E-state index contributed by atoms with van der Waals surface area (Å²) in [5, 5.41) is 17.2. The van der Waals surface area contributed by atoms with E-state index in [0.717, 1.165) is 16.9 Å². The van der Waals surface area contributed by atoms with Crippen molar-refractivity contribution < 1.29 is 9.34 Å². The zero-order valence-electron chi connectivity index (χ0n) is 15.4. The van der Waals surface area contributed by atoms with Gasteiger partial charge in [0.05, 0.1) is 22.5 Å². The lowest BCUT2D eigenvalue weighted by Crippen LogP contribution is -2.08. The average Bonchev–Trinajstić information content (AvgIpc) is 3.24. The molecule has 0 aliphatic carbocycles. The molecule has 142 valence electrons. The van der Waals surface area contributed by atoms with Crippen LogP contribution >= 0.6 is 0 Å². The summed E-state index contributed by atoms with van der Waals surface area (Å²) in [4.78, 5) is 10.4. The number of rotatable bonds is 6. The third kappa shape index (κ3) is 4.22. The predicted octanol–water partition coefficient (Wildman–Crippen LogP) is 6.03. The molecule has 0 bridgehead atoms. The maximum atomic E-state index is 10.8. The molecule has 0 unspecified atom stereocenters. The summed E-state index contributed by atoms with van der Waals surface area (Å²) in [6.45, 7) is 0. The summed E-state index contributed by atoms with van der Waals surface area (Å²) in [5.41, 5.74) is 2.66. The molecule has 1 aromatic heterocycles. The normalized spacial score (nSPS) is 10.9. The zero-order chi connectivity index (χ0) is 20.1. The van der Waals surface area contributed by atoms with Crippen LogP contribution < -0.4 is 5.01 Å². The van der Waals surface area contributed by atoms with E-state index in [1.54, 1.807) is 18.3 Å². The van der Waals surface area contributed by atoms with Crippen LogP contribution in [0.15, 0.2) is 107 Å². The van der Waals surface area contributed by atoms with Gasteiger partial charge in [-0.3, -0.25) is 10.1 Å². The Morgan fingerprint density at radius 1 is 0.793 bits per heavy atom. The number of para-hydroxylation sites is 2. The molecule has 6 heteroatoms. The van der Waals surface area contributed by atoms with Crippen LogP contribution in [0.4, 0.5) is 17.1 Å². The van der Waals surface area contributed by atoms with Crippen LogP contribution in [-0.4, -0.2) is 11.1 Å². The Morgan fingerprint density at radius 3 is 1.93 bits per heavy atom. The minimum atomic E-state index is -0.425. The first kappa shape index (κ1) is 18.2. The Bertz CT molecular complexity index is 1080. The molecule has 3 aromatic carbocycles. The molecule has 0 saturated heterocycles. The second-order valence-corrected chi connectivity index (χ2v) is 6.23. The van der Waals surface area contributed by atoms with E-state index >= 15 is 0 Å². The Morgan fingerprint density at radius 2 is 1.38 bits per heavy atom. The minimum absolute atomic E-state index is 0.0449.